The number of hydrogen-bond donors (Lipinski definition) is 1. The second-order valence-corrected chi connectivity index (χ2v) is 7.32. The second kappa shape index (κ2) is 6.85. The summed E-state index contributed by atoms with van der Waals surface area (Å²) in [6.07, 6.45) is 2.34. The van der Waals surface area contributed by atoms with E-state index in [4.69, 9.17) is 0 Å². The lowest BCUT2D eigenvalue weighted by molar-refractivity contribution is 0.439. The van der Waals surface area contributed by atoms with Crippen molar-refractivity contribution >= 4 is 26.0 Å². The molecule has 5 nitrogen and oxygen atoms in total. The number of rotatable bonds is 7. The van der Waals surface area contributed by atoms with Gasteiger partial charge in [0.25, 0.3) is 10.0 Å². The molecule has 1 N–H and O–H groups in total. The van der Waals surface area contributed by atoms with Crippen LogP contribution in [0.3, 0.4) is 0 Å². The molecule has 0 spiro atoms. The minimum Gasteiger partial charge on any atom is -0.334 e. The van der Waals surface area contributed by atoms with Crippen LogP contribution in [0.1, 0.15) is 33.0 Å². The quantitative estimate of drug-likeness (QED) is 0.766. The first-order chi connectivity index (χ1) is 8.81. The van der Waals surface area contributed by atoms with E-state index in [0.717, 1.165) is 11.8 Å². The minimum absolute atomic E-state index is 0.0866. The number of sulfonamides is 1. The molecular weight excluding hydrogens is 330 g/mol. The van der Waals surface area contributed by atoms with Gasteiger partial charge in [-0.1, -0.05) is 29.8 Å². The van der Waals surface area contributed by atoms with Gasteiger partial charge in [-0.25, -0.2) is 18.1 Å². The second-order valence-electron chi connectivity index (χ2n) is 4.86. The van der Waals surface area contributed by atoms with E-state index in [1.807, 2.05) is 25.3 Å². The Morgan fingerprint density at radius 3 is 2.53 bits per heavy atom. The summed E-state index contributed by atoms with van der Waals surface area (Å²) in [5, 5.41) is 0.868. The van der Waals surface area contributed by atoms with Crippen molar-refractivity contribution in [1.29, 1.82) is 0 Å². The highest BCUT2D eigenvalue weighted by Crippen LogP contribution is 2.14. The molecule has 1 aromatic rings. The molecule has 0 amide bonds. The fourth-order valence-electron chi connectivity index (χ4n) is 1.83. The first-order valence-electron chi connectivity index (χ1n) is 6.43. The summed E-state index contributed by atoms with van der Waals surface area (Å²) >= 11 is 3.35. The van der Waals surface area contributed by atoms with Crippen LogP contribution in [0.5, 0.6) is 0 Å². The van der Waals surface area contributed by atoms with Crippen molar-refractivity contribution in [1.82, 2.24) is 14.3 Å². The molecule has 0 fully saturated rings. The Bertz CT molecular complexity index is 511. The molecule has 0 saturated carbocycles. The Morgan fingerprint density at radius 2 is 2.11 bits per heavy atom. The molecule has 0 aliphatic rings. The number of alkyl halides is 1. The number of aryl methyl sites for hydroxylation is 2. The van der Waals surface area contributed by atoms with Crippen LogP contribution in [-0.2, 0) is 16.6 Å². The fourth-order valence-corrected chi connectivity index (χ4v) is 3.76. The predicted octanol–water partition coefficient (Wildman–Crippen LogP) is 2.30. The van der Waals surface area contributed by atoms with Crippen molar-refractivity contribution in [2.45, 2.75) is 51.7 Å². The molecular formula is C12H22BrN3O2S. The summed E-state index contributed by atoms with van der Waals surface area (Å²) in [6, 6.07) is -0.0866. The van der Waals surface area contributed by atoms with Crippen LogP contribution in [0.4, 0.5) is 0 Å². The molecule has 1 unspecified atom stereocenters. The normalized spacial score (nSPS) is 14.0. The summed E-state index contributed by atoms with van der Waals surface area (Å²) < 4.78 is 29.2. The molecule has 1 heterocycles. The van der Waals surface area contributed by atoms with Crippen LogP contribution in [0.25, 0.3) is 0 Å². The van der Waals surface area contributed by atoms with E-state index in [-0.39, 0.29) is 17.0 Å². The monoisotopic (exact) mass is 351 g/mol. The summed E-state index contributed by atoms with van der Waals surface area (Å²) in [4.78, 5) is 4.13. The molecule has 1 aromatic heterocycles. The Balaban J connectivity index is 2.96. The van der Waals surface area contributed by atoms with E-state index in [1.165, 1.54) is 0 Å². The first kappa shape index (κ1) is 16.7. The number of hydrogen-bond acceptors (Lipinski definition) is 3. The summed E-state index contributed by atoms with van der Waals surface area (Å²) in [7, 11) is -3.54. The van der Waals surface area contributed by atoms with E-state index < -0.39 is 10.0 Å². The van der Waals surface area contributed by atoms with Gasteiger partial charge in [-0.2, -0.15) is 0 Å². The third-order valence-corrected chi connectivity index (χ3v) is 4.92. The maximum absolute atomic E-state index is 12.3. The summed E-state index contributed by atoms with van der Waals surface area (Å²) in [6.45, 7) is 8.49. The van der Waals surface area contributed by atoms with Gasteiger partial charge in [0.15, 0.2) is 5.03 Å². The Kier molecular flexibility index (Phi) is 6.01. The van der Waals surface area contributed by atoms with Crippen LogP contribution in [-0.4, -0.2) is 29.3 Å². The molecule has 1 atom stereocenters. The zero-order chi connectivity index (χ0) is 14.6. The average Bonchev–Trinajstić information content (AvgIpc) is 2.70. The molecule has 7 heteroatoms. The first-order valence-corrected chi connectivity index (χ1v) is 9.04. The van der Waals surface area contributed by atoms with Crippen molar-refractivity contribution in [2.24, 2.45) is 5.92 Å². The lowest BCUT2D eigenvalue weighted by Gasteiger charge is -2.20. The molecule has 0 aliphatic heterocycles. The molecule has 0 aromatic carbocycles. The fraction of sp³-hybridized carbons (Fsp3) is 0.750. The predicted molar refractivity (Wildman–Crippen MR) is 80.0 cm³/mol. The third kappa shape index (κ3) is 4.29. The Labute approximate surface area is 124 Å². The molecule has 110 valence electrons. The van der Waals surface area contributed by atoms with Gasteiger partial charge < -0.3 is 4.57 Å². The van der Waals surface area contributed by atoms with Gasteiger partial charge in [-0.3, -0.25) is 0 Å². The maximum atomic E-state index is 12.3. The van der Waals surface area contributed by atoms with E-state index in [2.05, 4.69) is 25.6 Å². The van der Waals surface area contributed by atoms with Gasteiger partial charge >= 0.3 is 0 Å². The minimum atomic E-state index is -3.54. The van der Waals surface area contributed by atoms with E-state index in [0.29, 0.717) is 12.4 Å². The molecule has 0 bridgehead atoms. The van der Waals surface area contributed by atoms with E-state index in [9.17, 15) is 8.42 Å². The highest BCUT2D eigenvalue weighted by Gasteiger charge is 2.24. The smallest absolute Gasteiger partial charge is 0.259 e. The van der Waals surface area contributed by atoms with Crippen molar-refractivity contribution in [3.05, 3.63) is 12.0 Å². The topological polar surface area (TPSA) is 64.0 Å². The molecule has 0 radical (unpaired) electrons. The highest BCUT2D eigenvalue weighted by molar-refractivity contribution is 9.09. The SMILES string of the molecule is CCn1cc(S(=O)(=O)NC(CCBr)C(C)C)nc1C. The van der Waals surface area contributed by atoms with Gasteiger partial charge in [-0.05, 0) is 26.2 Å². The lowest BCUT2D eigenvalue weighted by atomic mass is 10.0. The van der Waals surface area contributed by atoms with Crippen molar-refractivity contribution in [2.75, 3.05) is 5.33 Å². The Hall–Kier alpha value is -0.400. The summed E-state index contributed by atoms with van der Waals surface area (Å²) in [5.74, 6) is 0.950. The highest BCUT2D eigenvalue weighted by atomic mass is 79.9. The van der Waals surface area contributed by atoms with E-state index in [1.54, 1.807) is 13.1 Å². The number of imidazole rings is 1. The number of nitrogens with zero attached hydrogens (tertiary/aromatic N) is 2. The number of aromatic nitrogens is 2. The number of halogens is 1. The zero-order valence-electron chi connectivity index (χ0n) is 11.9. The van der Waals surface area contributed by atoms with Crippen LogP contribution in [0, 0.1) is 12.8 Å². The van der Waals surface area contributed by atoms with Crippen LogP contribution >= 0.6 is 15.9 Å². The van der Waals surface area contributed by atoms with Gasteiger partial charge in [-0.15, -0.1) is 0 Å². The molecule has 0 saturated heterocycles. The third-order valence-electron chi connectivity index (χ3n) is 3.10. The summed E-state index contributed by atoms with van der Waals surface area (Å²) in [5.41, 5.74) is 0. The largest absolute Gasteiger partial charge is 0.334 e. The van der Waals surface area contributed by atoms with Crippen LogP contribution in [0.2, 0.25) is 0 Å². The lowest BCUT2D eigenvalue weighted by Crippen LogP contribution is -2.38. The maximum Gasteiger partial charge on any atom is 0.259 e. The standard InChI is InChI=1S/C12H22BrN3O2S/c1-5-16-8-12(14-10(16)4)19(17,18)15-11(6-7-13)9(2)3/h8-9,11,15H,5-7H2,1-4H3. The van der Waals surface area contributed by atoms with Gasteiger partial charge in [0.1, 0.15) is 5.82 Å². The van der Waals surface area contributed by atoms with Crippen molar-refractivity contribution in [3.63, 3.8) is 0 Å². The zero-order valence-corrected chi connectivity index (χ0v) is 14.3. The van der Waals surface area contributed by atoms with Crippen LogP contribution < -0.4 is 4.72 Å². The van der Waals surface area contributed by atoms with Crippen LogP contribution in [0.15, 0.2) is 11.2 Å². The number of nitrogens with one attached hydrogen (secondary N) is 1. The van der Waals surface area contributed by atoms with Gasteiger partial charge in [0.2, 0.25) is 0 Å². The van der Waals surface area contributed by atoms with Crippen molar-refractivity contribution in [3.8, 4) is 0 Å². The Morgan fingerprint density at radius 1 is 1.47 bits per heavy atom. The molecule has 0 aliphatic carbocycles. The van der Waals surface area contributed by atoms with Gasteiger partial charge in [0, 0.05) is 24.1 Å². The molecule has 1 rings (SSSR count). The van der Waals surface area contributed by atoms with Gasteiger partial charge in [0.05, 0.1) is 0 Å². The molecule has 19 heavy (non-hydrogen) atoms. The van der Waals surface area contributed by atoms with E-state index >= 15 is 0 Å². The van der Waals surface area contributed by atoms with Crippen molar-refractivity contribution < 1.29 is 8.42 Å². The average molecular weight is 352 g/mol.